The Balaban J connectivity index is 2.42. The summed E-state index contributed by atoms with van der Waals surface area (Å²) in [7, 11) is 0. The molecule has 0 saturated heterocycles. The number of carbonyl (C=O) groups excluding carboxylic acids is 3. The van der Waals surface area contributed by atoms with Crippen LogP contribution in [0.4, 0.5) is 0 Å². The van der Waals surface area contributed by atoms with E-state index in [1.807, 2.05) is 13.0 Å². The average molecular weight is 510 g/mol. The van der Waals surface area contributed by atoms with E-state index in [0.29, 0.717) is 34.1 Å². The maximum atomic E-state index is 13.1. The first kappa shape index (κ1) is 28.2. The van der Waals surface area contributed by atoms with Gasteiger partial charge in [-0.05, 0) is 57.0 Å². The molecule has 0 aliphatic rings. The standard InChI is InChI=1S/C27H27NO7S/c1-6-12-35-21-11-10-18(14-22(21)32-7-2)13-19(16-28)20(29)15-23-24(26(30)33-8-3)17(5)25(36-23)27(31)34-9-4/h1,10-11,13-14H,7-9,12,15H2,2-5H3/b19-13+. The van der Waals surface area contributed by atoms with E-state index in [4.69, 9.17) is 25.4 Å². The Morgan fingerprint density at radius 3 is 2.33 bits per heavy atom. The van der Waals surface area contributed by atoms with Gasteiger partial charge in [-0.2, -0.15) is 5.26 Å². The number of nitrogens with zero attached hydrogens (tertiary/aromatic N) is 1. The van der Waals surface area contributed by atoms with Crippen molar-refractivity contribution in [1.82, 2.24) is 0 Å². The summed E-state index contributed by atoms with van der Waals surface area (Å²) in [5.74, 6) is 1.49. The molecule has 0 unspecified atom stereocenters. The van der Waals surface area contributed by atoms with Gasteiger partial charge in [0.25, 0.3) is 0 Å². The number of esters is 2. The summed E-state index contributed by atoms with van der Waals surface area (Å²) in [6, 6.07) is 6.86. The summed E-state index contributed by atoms with van der Waals surface area (Å²) in [6.07, 6.45) is 6.41. The molecule has 1 aromatic carbocycles. The molecule has 8 nitrogen and oxygen atoms in total. The van der Waals surface area contributed by atoms with Gasteiger partial charge in [0.1, 0.15) is 17.6 Å². The molecule has 0 aliphatic heterocycles. The van der Waals surface area contributed by atoms with E-state index in [0.717, 1.165) is 11.3 Å². The fraction of sp³-hybridized carbons (Fsp3) is 0.333. The van der Waals surface area contributed by atoms with Crippen LogP contribution in [0.15, 0.2) is 23.8 Å². The predicted molar refractivity (Wildman–Crippen MR) is 135 cm³/mol. The Kier molecular flexibility index (Phi) is 10.7. The molecule has 0 fully saturated rings. The second-order valence-electron chi connectivity index (χ2n) is 7.20. The van der Waals surface area contributed by atoms with E-state index in [2.05, 4.69) is 5.92 Å². The van der Waals surface area contributed by atoms with Gasteiger partial charge in [0.2, 0.25) is 0 Å². The summed E-state index contributed by atoms with van der Waals surface area (Å²) in [4.78, 5) is 38.6. The van der Waals surface area contributed by atoms with Crippen LogP contribution in [-0.2, 0) is 20.7 Å². The topological polar surface area (TPSA) is 112 Å². The highest BCUT2D eigenvalue weighted by Gasteiger charge is 2.28. The Bertz CT molecular complexity index is 1240. The van der Waals surface area contributed by atoms with Crippen molar-refractivity contribution < 1.29 is 33.3 Å². The van der Waals surface area contributed by atoms with Gasteiger partial charge < -0.3 is 18.9 Å². The van der Waals surface area contributed by atoms with Crippen molar-refractivity contribution in [2.24, 2.45) is 0 Å². The monoisotopic (exact) mass is 509 g/mol. The number of carbonyl (C=O) groups is 3. The van der Waals surface area contributed by atoms with E-state index < -0.39 is 17.7 Å². The molecule has 0 atom stereocenters. The molecule has 1 aromatic heterocycles. The molecule has 36 heavy (non-hydrogen) atoms. The Hall–Kier alpha value is -4.08. The van der Waals surface area contributed by atoms with Crippen molar-refractivity contribution >= 4 is 35.1 Å². The van der Waals surface area contributed by atoms with Crippen LogP contribution in [-0.4, -0.2) is 44.1 Å². The third-order valence-electron chi connectivity index (χ3n) is 4.79. The molecule has 0 saturated carbocycles. The second-order valence-corrected chi connectivity index (χ2v) is 8.30. The molecule has 2 aromatic rings. The summed E-state index contributed by atoms with van der Waals surface area (Å²) in [6.45, 7) is 7.47. The molecular weight excluding hydrogens is 482 g/mol. The lowest BCUT2D eigenvalue weighted by Gasteiger charge is -2.11. The number of Topliss-reactive ketones (excluding diaryl/α,β-unsaturated/α-hetero) is 1. The molecular formula is C27H27NO7S. The normalized spacial score (nSPS) is 10.7. The summed E-state index contributed by atoms with van der Waals surface area (Å²) < 4.78 is 21.2. The van der Waals surface area contributed by atoms with Gasteiger partial charge >= 0.3 is 11.9 Å². The minimum Gasteiger partial charge on any atom is -0.490 e. The van der Waals surface area contributed by atoms with Crippen LogP contribution >= 0.6 is 11.3 Å². The first-order valence-corrected chi connectivity index (χ1v) is 12.1. The lowest BCUT2D eigenvalue weighted by atomic mass is 10.0. The summed E-state index contributed by atoms with van der Waals surface area (Å²) >= 11 is 0.984. The van der Waals surface area contributed by atoms with Gasteiger partial charge in [0, 0.05) is 11.3 Å². The third kappa shape index (κ3) is 6.97. The fourth-order valence-electron chi connectivity index (χ4n) is 3.26. The highest BCUT2D eigenvalue weighted by molar-refractivity contribution is 7.14. The molecule has 0 aliphatic carbocycles. The number of terminal acetylenes is 1. The zero-order valence-electron chi connectivity index (χ0n) is 20.6. The second kappa shape index (κ2) is 13.7. The highest BCUT2D eigenvalue weighted by atomic mass is 32.1. The minimum absolute atomic E-state index is 0.0635. The number of thiophene rings is 1. The number of nitriles is 1. The van der Waals surface area contributed by atoms with E-state index >= 15 is 0 Å². The van der Waals surface area contributed by atoms with Crippen molar-refractivity contribution in [2.75, 3.05) is 26.4 Å². The van der Waals surface area contributed by atoms with Gasteiger partial charge in [-0.3, -0.25) is 4.79 Å². The number of hydrogen-bond acceptors (Lipinski definition) is 9. The zero-order chi connectivity index (χ0) is 26.7. The maximum Gasteiger partial charge on any atom is 0.348 e. The van der Waals surface area contributed by atoms with Crippen LogP contribution in [0, 0.1) is 30.6 Å². The first-order chi connectivity index (χ1) is 17.3. The van der Waals surface area contributed by atoms with E-state index in [1.165, 1.54) is 6.08 Å². The molecule has 0 spiro atoms. The van der Waals surface area contributed by atoms with Gasteiger partial charge in [-0.15, -0.1) is 17.8 Å². The molecule has 0 radical (unpaired) electrons. The van der Waals surface area contributed by atoms with Gasteiger partial charge in [-0.25, -0.2) is 9.59 Å². The van der Waals surface area contributed by atoms with Crippen molar-refractivity contribution in [3.8, 4) is 29.9 Å². The van der Waals surface area contributed by atoms with Crippen molar-refractivity contribution in [3.05, 3.63) is 50.2 Å². The van der Waals surface area contributed by atoms with E-state index in [9.17, 15) is 19.6 Å². The predicted octanol–water partition coefficient (Wildman–Crippen LogP) is 4.54. The lowest BCUT2D eigenvalue weighted by molar-refractivity contribution is -0.114. The average Bonchev–Trinajstić information content (AvgIpc) is 3.18. The quantitative estimate of drug-likeness (QED) is 0.177. The molecule has 9 heteroatoms. The van der Waals surface area contributed by atoms with Crippen LogP contribution in [0.5, 0.6) is 11.5 Å². The molecule has 0 amide bonds. The summed E-state index contributed by atoms with van der Waals surface area (Å²) in [5, 5.41) is 9.68. The molecule has 0 bridgehead atoms. The minimum atomic E-state index is -0.643. The smallest absolute Gasteiger partial charge is 0.348 e. The van der Waals surface area contributed by atoms with Crippen molar-refractivity contribution in [3.63, 3.8) is 0 Å². The molecule has 0 N–H and O–H groups in total. The fourth-order valence-corrected chi connectivity index (χ4v) is 4.45. The first-order valence-electron chi connectivity index (χ1n) is 11.3. The van der Waals surface area contributed by atoms with Crippen LogP contribution in [0.25, 0.3) is 6.08 Å². The molecule has 1 heterocycles. The number of ether oxygens (including phenoxy) is 4. The maximum absolute atomic E-state index is 13.1. The lowest BCUT2D eigenvalue weighted by Crippen LogP contribution is -2.12. The largest absolute Gasteiger partial charge is 0.490 e. The summed E-state index contributed by atoms with van der Waals surface area (Å²) in [5.41, 5.74) is 0.931. The van der Waals surface area contributed by atoms with Crippen LogP contribution < -0.4 is 9.47 Å². The van der Waals surface area contributed by atoms with Gasteiger partial charge in [-0.1, -0.05) is 12.0 Å². The Morgan fingerprint density at radius 1 is 1.03 bits per heavy atom. The number of rotatable bonds is 12. The Morgan fingerprint density at radius 2 is 1.72 bits per heavy atom. The third-order valence-corrected chi connectivity index (χ3v) is 6.06. The molecule has 188 valence electrons. The van der Waals surface area contributed by atoms with Crippen molar-refractivity contribution in [2.45, 2.75) is 34.1 Å². The van der Waals surface area contributed by atoms with E-state index in [-0.39, 0.29) is 42.3 Å². The van der Waals surface area contributed by atoms with Crippen LogP contribution in [0.2, 0.25) is 0 Å². The zero-order valence-corrected chi connectivity index (χ0v) is 21.5. The molecule has 2 rings (SSSR count). The number of benzene rings is 1. The van der Waals surface area contributed by atoms with Gasteiger partial charge in [0.15, 0.2) is 17.3 Å². The van der Waals surface area contributed by atoms with Crippen molar-refractivity contribution in [1.29, 1.82) is 5.26 Å². The number of ketones is 1. The van der Waals surface area contributed by atoms with Gasteiger partial charge in [0.05, 0.1) is 31.0 Å². The number of allylic oxidation sites excluding steroid dienone is 1. The SMILES string of the molecule is C#CCOc1ccc(/C=C(\C#N)C(=O)Cc2sc(C(=O)OCC)c(C)c2C(=O)OCC)cc1OCC. The highest BCUT2D eigenvalue weighted by Crippen LogP contribution is 2.32. The van der Waals surface area contributed by atoms with E-state index in [1.54, 1.807) is 39.0 Å². The Labute approximate surface area is 214 Å². The van der Waals surface area contributed by atoms with Crippen LogP contribution in [0.3, 0.4) is 0 Å². The number of hydrogen-bond donors (Lipinski definition) is 0. The van der Waals surface area contributed by atoms with Crippen LogP contribution in [0.1, 0.15) is 56.8 Å².